The van der Waals surface area contributed by atoms with Crippen molar-refractivity contribution in [1.82, 2.24) is 14.8 Å². The molecule has 0 amide bonds. The molecular formula is C27H33ClN4O3. The minimum atomic E-state index is -0.892. The van der Waals surface area contributed by atoms with Crippen LogP contribution in [0, 0.1) is 6.92 Å². The maximum atomic E-state index is 11.9. The van der Waals surface area contributed by atoms with Gasteiger partial charge in [0.05, 0.1) is 24.8 Å². The molecule has 1 aliphatic heterocycles. The second-order valence-corrected chi connectivity index (χ2v) is 10.9. The first-order valence-corrected chi connectivity index (χ1v) is 12.1. The van der Waals surface area contributed by atoms with Gasteiger partial charge in [0, 0.05) is 41.0 Å². The summed E-state index contributed by atoms with van der Waals surface area (Å²) in [6, 6.07) is 7.56. The van der Waals surface area contributed by atoms with Crippen molar-refractivity contribution in [3.8, 4) is 11.1 Å². The minimum Gasteiger partial charge on any atom is -0.481 e. The number of pyridine rings is 1. The third-order valence-corrected chi connectivity index (χ3v) is 6.88. The molecule has 1 aromatic carbocycles. The summed E-state index contributed by atoms with van der Waals surface area (Å²) in [5.74, 6) is -0.180. The van der Waals surface area contributed by atoms with Crippen molar-refractivity contribution >= 4 is 23.4 Å². The first-order valence-electron chi connectivity index (χ1n) is 11.8. The maximum Gasteiger partial charge on any atom is 0.307 e. The summed E-state index contributed by atoms with van der Waals surface area (Å²) in [4.78, 5) is 19.1. The Kier molecular flexibility index (Phi) is 6.45. The first kappa shape index (κ1) is 25.2. The van der Waals surface area contributed by atoms with Gasteiger partial charge in [0.15, 0.2) is 0 Å². The average molecular weight is 497 g/mol. The molecule has 0 radical (unpaired) electrons. The number of carboxylic acids is 1. The van der Waals surface area contributed by atoms with E-state index in [2.05, 4.69) is 23.8 Å². The van der Waals surface area contributed by atoms with Gasteiger partial charge in [0.2, 0.25) is 0 Å². The van der Waals surface area contributed by atoms with Crippen molar-refractivity contribution in [2.45, 2.75) is 71.8 Å². The molecule has 0 fully saturated rings. The standard InChI is InChI=1S/C27H33ClN4O3/c1-16-23-24(19-8-10-20(28)11-9-19)21(12-22(33)34)17(2)30-25(23)32(15-18-13-29-31(7)14-18)27(16,6)35-26(3,4)5/h8-11,13-14,16H,12,15H2,1-7H3,(H,33,34). The zero-order valence-corrected chi connectivity index (χ0v) is 22.1. The third-order valence-electron chi connectivity index (χ3n) is 6.62. The fraction of sp³-hybridized carbons (Fsp3) is 0.444. The second kappa shape index (κ2) is 8.95. The Labute approximate surface area is 211 Å². The number of carbonyl (C=O) groups is 1. The molecule has 4 rings (SSSR count). The van der Waals surface area contributed by atoms with Gasteiger partial charge in [0.1, 0.15) is 11.5 Å². The Morgan fingerprint density at radius 3 is 2.46 bits per heavy atom. The zero-order valence-electron chi connectivity index (χ0n) is 21.4. The van der Waals surface area contributed by atoms with Gasteiger partial charge in [-0.2, -0.15) is 5.10 Å². The van der Waals surface area contributed by atoms with Crippen LogP contribution in [0.5, 0.6) is 0 Å². The van der Waals surface area contributed by atoms with E-state index in [1.54, 1.807) is 4.68 Å². The molecule has 8 heteroatoms. The number of halogens is 1. The molecule has 3 aromatic rings. The van der Waals surface area contributed by atoms with Gasteiger partial charge in [-0.15, -0.1) is 0 Å². The molecule has 0 spiro atoms. The quantitative estimate of drug-likeness (QED) is 0.469. The molecule has 35 heavy (non-hydrogen) atoms. The van der Waals surface area contributed by atoms with Crippen LogP contribution in [0.25, 0.3) is 11.1 Å². The van der Waals surface area contributed by atoms with Crippen LogP contribution >= 0.6 is 11.6 Å². The average Bonchev–Trinajstić information content (AvgIpc) is 3.23. The van der Waals surface area contributed by atoms with Crippen molar-refractivity contribution < 1.29 is 14.6 Å². The highest BCUT2D eigenvalue weighted by atomic mass is 35.5. The number of aryl methyl sites for hydroxylation is 2. The third kappa shape index (κ3) is 4.80. The van der Waals surface area contributed by atoms with Crippen LogP contribution in [-0.2, 0) is 29.5 Å². The number of rotatable bonds is 6. The largest absolute Gasteiger partial charge is 0.481 e. The summed E-state index contributed by atoms with van der Waals surface area (Å²) in [7, 11) is 1.90. The molecule has 0 aliphatic carbocycles. The Hall–Kier alpha value is -2.90. The SMILES string of the molecule is Cc1nc2c(c(-c3ccc(Cl)cc3)c1CC(=O)O)C(C)C(C)(OC(C)(C)C)N2Cc1cnn(C)c1. The molecule has 0 bridgehead atoms. The van der Waals surface area contributed by atoms with E-state index in [4.69, 9.17) is 21.3 Å². The number of nitrogens with zero attached hydrogens (tertiary/aromatic N) is 4. The molecule has 3 heterocycles. The molecular weight excluding hydrogens is 464 g/mol. The molecule has 186 valence electrons. The highest BCUT2D eigenvalue weighted by Crippen LogP contribution is 2.53. The van der Waals surface area contributed by atoms with Crippen molar-refractivity contribution in [2.24, 2.45) is 7.05 Å². The van der Waals surface area contributed by atoms with Crippen LogP contribution in [0.15, 0.2) is 36.7 Å². The Bertz CT molecular complexity index is 1260. The van der Waals surface area contributed by atoms with Gasteiger partial charge < -0.3 is 14.7 Å². The molecule has 1 aliphatic rings. The van der Waals surface area contributed by atoms with Gasteiger partial charge in [-0.3, -0.25) is 9.48 Å². The molecule has 2 aromatic heterocycles. The van der Waals surface area contributed by atoms with Gasteiger partial charge in [0.25, 0.3) is 0 Å². The predicted octanol–water partition coefficient (Wildman–Crippen LogP) is 5.73. The van der Waals surface area contributed by atoms with Crippen molar-refractivity contribution in [3.63, 3.8) is 0 Å². The minimum absolute atomic E-state index is 0.0975. The smallest absolute Gasteiger partial charge is 0.307 e. The number of anilines is 1. The summed E-state index contributed by atoms with van der Waals surface area (Å²) in [5.41, 5.74) is 4.11. The molecule has 2 unspecified atom stereocenters. The second-order valence-electron chi connectivity index (χ2n) is 10.5. The normalized spacial score (nSPS) is 19.8. The van der Waals surface area contributed by atoms with Gasteiger partial charge in [-0.05, 0) is 63.4 Å². The van der Waals surface area contributed by atoms with Crippen LogP contribution in [0.2, 0.25) is 5.02 Å². The maximum absolute atomic E-state index is 11.9. The van der Waals surface area contributed by atoms with E-state index < -0.39 is 17.3 Å². The van der Waals surface area contributed by atoms with Crippen LogP contribution in [0.4, 0.5) is 5.82 Å². The van der Waals surface area contributed by atoms with E-state index in [1.807, 2.05) is 71.4 Å². The molecule has 0 saturated heterocycles. The lowest BCUT2D eigenvalue weighted by molar-refractivity contribution is -0.136. The van der Waals surface area contributed by atoms with Crippen LogP contribution < -0.4 is 4.90 Å². The molecule has 7 nitrogen and oxygen atoms in total. The van der Waals surface area contributed by atoms with E-state index in [-0.39, 0.29) is 12.3 Å². The fourth-order valence-electron chi connectivity index (χ4n) is 5.11. The van der Waals surface area contributed by atoms with E-state index in [0.29, 0.717) is 22.8 Å². The summed E-state index contributed by atoms with van der Waals surface area (Å²) in [6.07, 6.45) is 3.73. The lowest BCUT2D eigenvalue weighted by Gasteiger charge is -2.43. The number of aromatic nitrogens is 3. The fourth-order valence-corrected chi connectivity index (χ4v) is 5.24. The van der Waals surface area contributed by atoms with Crippen molar-refractivity contribution in [3.05, 3.63) is 64.1 Å². The summed E-state index contributed by atoms with van der Waals surface area (Å²) >= 11 is 6.19. The lowest BCUT2D eigenvalue weighted by atomic mass is 9.85. The number of hydrogen-bond donors (Lipinski definition) is 1. The highest BCUT2D eigenvalue weighted by Gasteiger charge is 2.51. The summed E-state index contributed by atoms with van der Waals surface area (Å²) in [5, 5.41) is 14.7. The van der Waals surface area contributed by atoms with Crippen LogP contribution in [0.3, 0.4) is 0 Å². The topological polar surface area (TPSA) is 80.5 Å². The number of hydrogen-bond acceptors (Lipinski definition) is 5. The summed E-state index contributed by atoms with van der Waals surface area (Å²) < 4.78 is 8.55. The van der Waals surface area contributed by atoms with Gasteiger partial charge >= 0.3 is 5.97 Å². The van der Waals surface area contributed by atoms with Gasteiger partial charge in [-0.25, -0.2) is 4.98 Å². The molecule has 1 N–H and O–H groups in total. The van der Waals surface area contributed by atoms with E-state index in [0.717, 1.165) is 28.1 Å². The number of aliphatic carboxylic acids is 1. The number of ether oxygens (including phenoxy) is 1. The van der Waals surface area contributed by atoms with E-state index in [9.17, 15) is 9.90 Å². The number of carboxylic acid groups (broad SMARTS) is 1. The highest BCUT2D eigenvalue weighted by molar-refractivity contribution is 6.30. The predicted molar refractivity (Wildman–Crippen MR) is 138 cm³/mol. The Morgan fingerprint density at radius 1 is 1.26 bits per heavy atom. The first-order chi connectivity index (χ1) is 16.3. The molecule has 0 saturated carbocycles. The van der Waals surface area contributed by atoms with Crippen molar-refractivity contribution in [1.29, 1.82) is 0 Å². The zero-order chi connectivity index (χ0) is 25.7. The van der Waals surface area contributed by atoms with Gasteiger partial charge in [-0.1, -0.05) is 30.7 Å². The molecule has 2 atom stereocenters. The summed E-state index contributed by atoms with van der Waals surface area (Å²) in [6.45, 7) is 12.8. The van der Waals surface area contributed by atoms with E-state index in [1.165, 1.54) is 0 Å². The Morgan fingerprint density at radius 2 is 1.91 bits per heavy atom. The van der Waals surface area contributed by atoms with Crippen LogP contribution in [-0.4, -0.2) is 37.2 Å². The number of benzene rings is 1. The number of fused-ring (bicyclic) bond motifs is 1. The van der Waals surface area contributed by atoms with Crippen molar-refractivity contribution in [2.75, 3.05) is 4.90 Å². The van der Waals surface area contributed by atoms with Crippen LogP contribution in [0.1, 0.15) is 62.9 Å². The lowest BCUT2D eigenvalue weighted by Crippen LogP contribution is -2.51. The Balaban J connectivity index is 2.00. The van der Waals surface area contributed by atoms with E-state index >= 15 is 0 Å². The monoisotopic (exact) mass is 496 g/mol.